The highest BCUT2D eigenvalue weighted by Gasteiger charge is 2.46. The van der Waals surface area contributed by atoms with Crippen LogP contribution in [0.25, 0.3) is 11.0 Å². The van der Waals surface area contributed by atoms with Gasteiger partial charge < -0.3 is 14.3 Å². The number of amides is 1. The summed E-state index contributed by atoms with van der Waals surface area (Å²) in [6.07, 6.45) is 0. The zero-order chi connectivity index (χ0) is 24.0. The van der Waals surface area contributed by atoms with Gasteiger partial charge in [0.05, 0.1) is 18.7 Å². The third-order valence-electron chi connectivity index (χ3n) is 6.35. The molecule has 1 atom stereocenters. The van der Waals surface area contributed by atoms with Gasteiger partial charge in [0.25, 0.3) is 5.91 Å². The lowest BCUT2D eigenvalue weighted by Gasteiger charge is -2.28. The van der Waals surface area contributed by atoms with Crippen molar-refractivity contribution in [3.63, 3.8) is 0 Å². The van der Waals surface area contributed by atoms with Crippen molar-refractivity contribution in [2.45, 2.75) is 19.9 Å². The number of methoxy groups -OCH3 is 1. The monoisotopic (exact) mass is 453 g/mol. The first kappa shape index (κ1) is 21.5. The molecule has 0 bridgehead atoms. The van der Waals surface area contributed by atoms with E-state index < -0.39 is 23.5 Å². The highest BCUT2D eigenvalue weighted by Crippen LogP contribution is 2.44. The van der Waals surface area contributed by atoms with Crippen LogP contribution in [-0.2, 0) is 4.79 Å². The van der Waals surface area contributed by atoms with Crippen LogP contribution in [0.15, 0.2) is 88.5 Å². The van der Waals surface area contributed by atoms with Gasteiger partial charge in [0.15, 0.2) is 11.5 Å². The third-order valence-corrected chi connectivity index (χ3v) is 6.35. The number of furan rings is 1. The second-order valence-corrected chi connectivity index (χ2v) is 8.31. The molecule has 1 aliphatic heterocycles. The van der Waals surface area contributed by atoms with Crippen molar-refractivity contribution in [2.75, 3.05) is 12.0 Å². The molecule has 0 spiro atoms. The lowest BCUT2D eigenvalue weighted by atomic mass is 9.94. The Hall–Kier alpha value is -4.32. The molecular weight excluding hydrogens is 430 g/mol. The Bertz CT molecular complexity index is 1450. The van der Waals surface area contributed by atoms with E-state index in [9.17, 15) is 14.7 Å². The molecule has 1 unspecified atom stereocenters. The van der Waals surface area contributed by atoms with Crippen molar-refractivity contribution in [1.29, 1.82) is 0 Å². The zero-order valence-corrected chi connectivity index (χ0v) is 19.0. The molecule has 3 aromatic carbocycles. The summed E-state index contributed by atoms with van der Waals surface area (Å²) in [4.78, 5) is 28.6. The van der Waals surface area contributed by atoms with Crippen molar-refractivity contribution < 1.29 is 23.8 Å². The van der Waals surface area contributed by atoms with Crippen LogP contribution in [0.3, 0.4) is 0 Å². The van der Waals surface area contributed by atoms with Gasteiger partial charge in [0.1, 0.15) is 11.3 Å². The summed E-state index contributed by atoms with van der Waals surface area (Å²) in [6.45, 7) is 3.87. The van der Waals surface area contributed by atoms with Gasteiger partial charge in [0.2, 0.25) is 5.78 Å². The molecule has 5 rings (SSSR count). The van der Waals surface area contributed by atoms with Gasteiger partial charge in [-0.05, 0) is 60.9 Å². The van der Waals surface area contributed by atoms with Crippen molar-refractivity contribution in [2.24, 2.45) is 0 Å². The number of ketones is 1. The molecule has 0 saturated heterocycles. The fraction of sp³-hybridized carbons (Fsp3) is 0.143. The molecule has 4 aromatic rings. The number of anilines is 1. The van der Waals surface area contributed by atoms with Crippen molar-refractivity contribution in [3.05, 3.63) is 107 Å². The molecule has 0 saturated carbocycles. The molecular formula is C28H23NO5. The van der Waals surface area contributed by atoms with Gasteiger partial charge in [-0.2, -0.15) is 0 Å². The number of rotatable bonds is 5. The van der Waals surface area contributed by atoms with Crippen LogP contribution in [0, 0.1) is 13.8 Å². The fourth-order valence-corrected chi connectivity index (χ4v) is 4.44. The standard InChI is InChI=1S/C28H23NO5/c1-16-8-6-12-21(17(16)2)29-25(19-10-7-11-20(14-19)33-3)24(27(31)28(29)32)26(30)23-15-18-9-4-5-13-22(18)34-23/h4-15,25,31H,1-3H3. The van der Waals surface area contributed by atoms with E-state index in [2.05, 4.69) is 0 Å². The Morgan fingerprint density at radius 3 is 2.53 bits per heavy atom. The van der Waals surface area contributed by atoms with Gasteiger partial charge in [-0.25, -0.2) is 0 Å². The van der Waals surface area contributed by atoms with E-state index in [-0.39, 0.29) is 11.3 Å². The summed E-state index contributed by atoms with van der Waals surface area (Å²) in [5.74, 6) is -1.12. The van der Waals surface area contributed by atoms with Gasteiger partial charge in [-0.15, -0.1) is 0 Å². The van der Waals surface area contributed by atoms with Crippen LogP contribution >= 0.6 is 0 Å². The molecule has 6 heteroatoms. The van der Waals surface area contributed by atoms with Gasteiger partial charge >= 0.3 is 0 Å². The van der Waals surface area contributed by atoms with E-state index in [1.165, 1.54) is 4.90 Å². The first-order valence-corrected chi connectivity index (χ1v) is 10.9. The lowest BCUT2D eigenvalue weighted by Crippen LogP contribution is -2.31. The Morgan fingerprint density at radius 1 is 1.00 bits per heavy atom. The second-order valence-electron chi connectivity index (χ2n) is 8.31. The minimum Gasteiger partial charge on any atom is -0.503 e. The number of ether oxygens (including phenoxy) is 1. The van der Waals surface area contributed by atoms with Crippen LogP contribution in [0.5, 0.6) is 5.75 Å². The van der Waals surface area contributed by atoms with Crippen LogP contribution < -0.4 is 9.64 Å². The van der Waals surface area contributed by atoms with E-state index in [4.69, 9.17) is 9.15 Å². The van der Waals surface area contributed by atoms with Gasteiger partial charge in [-0.1, -0.05) is 42.5 Å². The number of carbonyl (C=O) groups excluding carboxylic acids is 2. The summed E-state index contributed by atoms with van der Waals surface area (Å²) < 4.78 is 11.2. The van der Waals surface area contributed by atoms with Crippen LogP contribution in [-0.4, -0.2) is 23.9 Å². The first-order valence-electron chi connectivity index (χ1n) is 10.9. The first-order chi connectivity index (χ1) is 16.4. The average molecular weight is 453 g/mol. The third kappa shape index (κ3) is 3.35. The van der Waals surface area contributed by atoms with Crippen molar-refractivity contribution >= 4 is 28.3 Å². The topological polar surface area (TPSA) is 80.0 Å². The number of aliphatic hydroxyl groups is 1. The summed E-state index contributed by atoms with van der Waals surface area (Å²) in [5.41, 5.74) is 3.66. The average Bonchev–Trinajstić information content (AvgIpc) is 3.40. The number of fused-ring (bicyclic) bond motifs is 1. The molecule has 1 amide bonds. The molecule has 34 heavy (non-hydrogen) atoms. The number of carbonyl (C=O) groups is 2. The van der Waals surface area contributed by atoms with E-state index in [0.717, 1.165) is 16.5 Å². The maximum Gasteiger partial charge on any atom is 0.294 e. The van der Waals surface area contributed by atoms with Crippen molar-refractivity contribution in [3.8, 4) is 5.75 Å². The zero-order valence-electron chi connectivity index (χ0n) is 19.0. The minimum absolute atomic E-state index is 0.0294. The second kappa shape index (κ2) is 8.23. The normalized spacial score (nSPS) is 15.9. The molecule has 1 N–H and O–H groups in total. The number of aryl methyl sites for hydroxylation is 1. The van der Waals surface area contributed by atoms with Gasteiger partial charge in [0, 0.05) is 11.1 Å². The number of nitrogens with zero attached hydrogens (tertiary/aromatic N) is 1. The largest absolute Gasteiger partial charge is 0.503 e. The molecule has 2 heterocycles. The van der Waals surface area contributed by atoms with Gasteiger partial charge in [-0.3, -0.25) is 14.5 Å². The Labute approximate surface area is 196 Å². The molecule has 0 radical (unpaired) electrons. The van der Waals surface area contributed by atoms with E-state index in [1.807, 2.05) is 56.3 Å². The highest BCUT2D eigenvalue weighted by atomic mass is 16.5. The molecule has 0 aliphatic carbocycles. The van der Waals surface area contributed by atoms with Crippen molar-refractivity contribution in [1.82, 2.24) is 0 Å². The number of aliphatic hydroxyl groups excluding tert-OH is 1. The molecule has 1 aliphatic rings. The summed E-state index contributed by atoms with van der Waals surface area (Å²) in [7, 11) is 1.55. The Balaban J connectivity index is 1.70. The van der Waals surface area contributed by atoms with Crippen LogP contribution in [0.2, 0.25) is 0 Å². The van der Waals surface area contributed by atoms with Crippen LogP contribution in [0.1, 0.15) is 33.3 Å². The minimum atomic E-state index is -0.858. The number of benzene rings is 3. The summed E-state index contributed by atoms with van der Waals surface area (Å²) in [5, 5.41) is 11.8. The lowest BCUT2D eigenvalue weighted by molar-refractivity contribution is -0.117. The fourth-order valence-electron chi connectivity index (χ4n) is 4.44. The van der Waals surface area contributed by atoms with E-state index in [0.29, 0.717) is 22.6 Å². The SMILES string of the molecule is COc1cccc(C2C(C(=O)c3cc4ccccc4o3)=C(O)C(=O)N2c2cccc(C)c2C)c1. The number of Topliss-reactive ketones (excluding diaryl/α,β-unsaturated/α-hetero) is 1. The number of hydrogen-bond donors (Lipinski definition) is 1. The quantitative estimate of drug-likeness (QED) is 0.384. The highest BCUT2D eigenvalue weighted by molar-refractivity contribution is 6.20. The predicted octanol–water partition coefficient (Wildman–Crippen LogP) is 5.84. The Kier molecular flexibility index (Phi) is 5.21. The molecule has 1 aromatic heterocycles. The molecule has 0 fully saturated rings. The summed E-state index contributed by atoms with van der Waals surface area (Å²) in [6, 6.07) is 20.8. The smallest absolute Gasteiger partial charge is 0.294 e. The number of hydrogen-bond acceptors (Lipinski definition) is 5. The summed E-state index contributed by atoms with van der Waals surface area (Å²) >= 11 is 0. The van der Waals surface area contributed by atoms with E-state index in [1.54, 1.807) is 37.4 Å². The molecule has 6 nitrogen and oxygen atoms in total. The maximum absolute atomic E-state index is 13.7. The number of para-hydroxylation sites is 1. The van der Waals surface area contributed by atoms with Crippen LogP contribution in [0.4, 0.5) is 5.69 Å². The Morgan fingerprint density at radius 2 is 1.76 bits per heavy atom. The maximum atomic E-state index is 13.7. The molecule has 170 valence electrons. The van der Waals surface area contributed by atoms with E-state index >= 15 is 0 Å². The predicted molar refractivity (Wildman–Crippen MR) is 129 cm³/mol.